The van der Waals surface area contributed by atoms with Crippen molar-refractivity contribution in [3.63, 3.8) is 0 Å². The SMILES string of the molecule is COc1ccc(OCC(=O)Nc2sc3c(c2C(=O)N[C@@H]2CCS(=O)(=O)C2)CC[C@H](C)C3)cc1. The summed E-state index contributed by atoms with van der Waals surface area (Å²) >= 11 is 1.42. The largest absolute Gasteiger partial charge is 0.497 e. The van der Waals surface area contributed by atoms with Gasteiger partial charge in [-0.1, -0.05) is 6.92 Å². The number of thiophene rings is 1. The number of benzene rings is 1. The lowest BCUT2D eigenvalue weighted by molar-refractivity contribution is -0.118. The lowest BCUT2D eigenvalue weighted by atomic mass is 9.88. The molecule has 0 saturated carbocycles. The normalized spacial score (nSPS) is 21.2. The Labute approximate surface area is 197 Å². The number of carbonyl (C=O) groups is 2. The predicted octanol–water partition coefficient (Wildman–Crippen LogP) is 2.82. The average molecular weight is 493 g/mol. The molecule has 4 rings (SSSR count). The summed E-state index contributed by atoms with van der Waals surface area (Å²) in [5, 5.41) is 6.22. The molecule has 2 aliphatic rings. The summed E-state index contributed by atoms with van der Waals surface area (Å²) in [6, 6.07) is 6.51. The fourth-order valence-corrected chi connectivity index (χ4v) is 7.33. The van der Waals surface area contributed by atoms with Crippen molar-refractivity contribution in [2.45, 2.75) is 38.6 Å². The van der Waals surface area contributed by atoms with Gasteiger partial charge >= 0.3 is 0 Å². The molecule has 1 saturated heterocycles. The molecule has 1 fully saturated rings. The highest BCUT2D eigenvalue weighted by Gasteiger charge is 2.33. The van der Waals surface area contributed by atoms with Gasteiger partial charge in [-0.25, -0.2) is 8.42 Å². The van der Waals surface area contributed by atoms with Gasteiger partial charge in [0, 0.05) is 10.9 Å². The van der Waals surface area contributed by atoms with Gasteiger partial charge in [0.15, 0.2) is 16.4 Å². The Kier molecular flexibility index (Phi) is 6.94. The van der Waals surface area contributed by atoms with Gasteiger partial charge in [-0.15, -0.1) is 11.3 Å². The number of rotatable bonds is 7. The molecular weight excluding hydrogens is 464 g/mol. The van der Waals surface area contributed by atoms with Crippen molar-refractivity contribution < 1.29 is 27.5 Å². The topological polar surface area (TPSA) is 111 Å². The Morgan fingerprint density at radius 2 is 1.88 bits per heavy atom. The summed E-state index contributed by atoms with van der Waals surface area (Å²) in [6.45, 7) is 1.97. The van der Waals surface area contributed by atoms with E-state index in [0.717, 1.165) is 29.7 Å². The standard InChI is InChI=1S/C23H28N2O6S2/c1-14-3-8-18-19(11-14)32-23(21(18)22(27)24-15-9-10-33(28,29)13-15)25-20(26)12-31-17-6-4-16(30-2)5-7-17/h4-7,14-15H,3,8-13H2,1-2H3,(H,24,27)(H,25,26)/t14-,15+/m0/s1. The molecule has 0 spiro atoms. The molecule has 0 unspecified atom stereocenters. The fraction of sp³-hybridized carbons (Fsp3) is 0.478. The second-order valence-corrected chi connectivity index (χ2v) is 12.0. The summed E-state index contributed by atoms with van der Waals surface area (Å²) in [5.74, 6) is 1.09. The fourth-order valence-electron chi connectivity index (χ4n) is 4.23. The highest BCUT2D eigenvalue weighted by Crippen LogP contribution is 2.39. The predicted molar refractivity (Wildman–Crippen MR) is 127 cm³/mol. The molecule has 1 aromatic carbocycles. The first-order valence-electron chi connectivity index (χ1n) is 11.0. The van der Waals surface area contributed by atoms with Gasteiger partial charge in [-0.05, 0) is 61.4 Å². The van der Waals surface area contributed by atoms with E-state index in [0.29, 0.717) is 34.4 Å². The minimum atomic E-state index is -3.11. The second kappa shape index (κ2) is 9.72. The number of amides is 2. The highest BCUT2D eigenvalue weighted by molar-refractivity contribution is 7.91. The van der Waals surface area contributed by atoms with Crippen molar-refractivity contribution in [2.24, 2.45) is 5.92 Å². The average Bonchev–Trinajstić information content (AvgIpc) is 3.30. The number of sulfone groups is 1. The quantitative estimate of drug-likeness (QED) is 0.615. The van der Waals surface area contributed by atoms with E-state index in [1.54, 1.807) is 31.4 Å². The molecule has 8 nitrogen and oxygen atoms in total. The molecule has 1 aromatic heterocycles. The Hall–Kier alpha value is -2.59. The number of anilines is 1. The summed E-state index contributed by atoms with van der Waals surface area (Å²) in [5.41, 5.74) is 1.42. The molecule has 2 atom stereocenters. The third-order valence-electron chi connectivity index (χ3n) is 5.99. The van der Waals surface area contributed by atoms with Crippen molar-refractivity contribution >= 4 is 38.0 Å². The van der Waals surface area contributed by atoms with Gasteiger partial charge < -0.3 is 20.1 Å². The molecule has 2 amide bonds. The van der Waals surface area contributed by atoms with E-state index in [2.05, 4.69) is 17.6 Å². The van der Waals surface area contributed by atoms with Gasteiger partial charge in [0.1, 0.15) is 16.5 Å². The number of carbonyl (C=O) groups excluding carboxylic acids is 2. The highest BCUT2D eigenvalue weighted by atomic mass is 32.2. The Morgan fingerprint density at radius 1 is 1.15 bits per heavy atom. The number of ether oxygens (including phenoxy) is 2. The third kappa shape index (κ3) is 5.67. The number of hydrogen-bond donors (Lipinski definition) is 2. The van der Waals surface area contributed by atoms with Crippen LogP contribution in [0.3, 0.4) is 0 Å². The number of methoxy groups -OCH3 is 1. The maximum atomic E-state index is 13.2. The van der Waals surface area contributed by atoms with Crippen LogP contribution >= 0.6 is 11.3 Å². The van der Waals surface area contributed by atoms with Crippen LogP contribution in [0, 0.1) is 5.92 Å². The van der Waals surface area contributed by atoms with Crippen molar-refractivity contribution in [1.82, 2.24) is 5.32 Å². The first kappa shape index (κ1) is 23.6. The zero-order valence-corrected chi connectivity index (χ0v) is 20.3. The minimum absolute atomic E-state index is 0.0422. The van der Waals surface area contributed by atoms with Gasteiger partial charge in [0.05, 0.1) is 24.2 Å². The van der Waals surface area contributed by atoms with Gasteiger partial charge in [0.2, 0.25) is 0 Å². The van der Waals surface area contributed by atoms with Crippen LogP contribution in [0.2, 0.25) is 0 Å². The zero-order valence-electron chi connectivity index (χ0n) is 18.7. The molecule has 178 valence electrons. The van der Waals surface area contributed by atoms with Crippen LogP contribution < -0.4 is 20.1 Å². The maximum Gasteiger partial charge on any atom is 0.262 e. The molecule has 0 radical (unpaired) electrons. The van der Waals surface area contributed by atoms with Gasteiger partial charge in [-0.3, -0.25) is 9.59 Å². The first-order chi connectivity index (χ1) is 15.7. The lowest BCUT2D eigenvalue weighted by Gasteiger charge is -2.19. The van der Waals surface area contributed by atoms with Crippen molar-refractivity contribution in [3.05, 3.63) is 40.3 Å². The zero-order chi connectivity index (χ0) is 23.6. The molecule has 1 aliphatic carbocycles. The van der Waals surface area contributed by atoms with Crippen LogP contribution in [-0.4, -0.2) is 51.5 Å². The molecule has 2 heterocycles. The van der Waals surface area contributed by atoms with Gasteiger partial charge in [-0.2, -0.15) is 0 Å². The van der Waals surface area contributed by atoms with Crippen molar-refractivity contribution in [1.29, 1.82) is 0 Å². The third-order valence-corrected chi connectivity index (χ3v) is 8.93. The van der Waals surface area contributed by atoms with E-state index < -0.39 is 15.9 Å². The summed E-state index contributed by atoms with van der Waals surface area (Å²) in [7, 11) is -1.53. The van der Waals surface area contributed by atoms with Crippen molar-refractivity contribution in [2.75, 3.05) is 30.5 Å². The maximum absolute atomic E-state index is 13.2. The summed E-state index contributed by atoms with van der Waals surface area (Å²) in [4.78, 5) is 26.9. The van der Waals surface area contributed by atoms with Crippen LogP contribution in [0.25, 0.3) is 0 Å². The van der Waals surface area contributed by atoms with E-state index in [9.17, 15) is 18.0 Å². The molecule has 33 heavy (non-hydrogen) atoms. The molecule has 2 aromatic rings. The number of hydrogen-bond acceptors (Lipinski definition) is 7. The Morgan fingerprint density at radius 3 is 2.55 bits per heavy atom. The molecule has 0 bridgehead atoms. The smallest absolute Gasteiger partial charge is 0.262 e. The van der Waals surface area contributed by atoms with Crippen molar-refractivity contribution in [3.8, 4) is 11.5 Å². The van der Waals surface area contributed by atoms with Crippen LogP contribution in [0.1, 0.15) is 40.6 Å². The number of fused-ring (bicyclic) bond motifs is 1. The van der Waals surface area contributed by atoms with Crippen LogP contribution in [0.5, 0.6) is 11.5 Å². The van der Waals surface area contributed by atoms with Crippen LogP contribution in [-0.2, 0) is 27.5 Å². The Bertz CT molecular complexity index is 1140. The molecule has 2 N–H and O–H groups in total. The minimum Gasteiger partial charge on any atom is -0.497 e. The van der Waals surface area contributed by atoms with Gasteiger partial charge in [0.25, 0.3) is 11.8 Å². The van der Waals surface area contributed by atoms with E-state index in [1.165, 1.54) is 11.3 Å². The monoisotopic (exact) mass is 492 g/mol. The molecular formula is C23H28N2O6S2. The van der Waals surface area contributed by atoms with Crippen LogP contribution in [0.15, 0.2) is 24.3 Å². The summed E-state index contributed by atoms with van der Waals surface area (Å²) < 4.78 is 34.2. The van der Waals surface area contributed by atoms with E-state index in [-0.39, 0.29) is 29.9 Å². The molecule has 1 aliphatic heterocycles. The number of nitrogens with one attached hydrogen (secondary N) is 2. The van der Waals surface area contributed by atoms with E-state index in [1.807, 2.05) is 0 Å². The second-order valence-electron chi connectivity index (χ2n) is 8.64. The van der Waals surface area contributed by atoms with E-state index in [4.69, 9.17) is 9.47 Å². The first-order valence-corrected chi connectivity index (χ1v) is 13.6. The summed E-state index contributed by atoms with van der Waals surface area (Å²) in [6.07, 6.45) is 3.00. The Balaban J connectivity index is 1.48. The van der Waals surface area contributed by atoms with Crippen LogP contribution in [0.4, 0.5) is 5.00 Å². The van der Waals surface area contributed by atoms with E-state index >= 15 is 0 Å². The molecule has 10 heteroatoms. The lowest BCUT2D eigenvalue weighted by Crippen LogP contribution is -2.36.